The molecule has 0 bridgehead atoms. The zero-order valence-electron chi connectivity index (χ0n) is 11.5. The molecule has 5 nitrogen and oxygen atoms in total. The predicted octanol–water partition coefficient (Wildman–Crippen LogP) is 2.06. The molecule has 5 heteroatoms. The van der Waals surface area contributed by atoms with Crippen LogP contribution in [0, 0.1) is 0 Å². The van der Waals surface area contributed by atoms with Gasteiger partial charge in [0, 0.05) is 6.42 Å². The number of carboxylic acids is 1. The van der Waals surface area contributed by atoms with Gasteiger partial charge in [0.1, 0.15) is 5.75 Å². The van der Waals surface area contributed by atoms with Gasteiger partial charge in [-0.25, -0.2) is 0 Å². The monoisotopic (exact) mass is 277 g/mol. The first-order valence-corrected chi connectivity index (χ1v) is 6.73. The van der Waals surface area contributed by atoms with Gasteiger partial charge in [0.05, 0.1) is 19.1 Å². The van der Waals surface area contributed by atoms with E-state index in [1.165, 1.54) is 0 Å². The summed E-state index contributed by atoms with van der Waals surface area (Å²) in [5.74, 6) is -0.379. The quantitative estimate of drug-likeness (QED) is 0.834. The highest BCUT2D eigenvalue weighted by molar-refractivity contribution is 5.81. The van der Waals surface area contributed by atoms with Crippen molar-refractivity contribution in [3.8, 4) is 5.75 Å². The van der Waals surface area contributed by atoms with Crippen LogP contribution in [-0.4, -0.2) is 24.1 Å². The average Bonchev–Trinajstić information content (AvgIpc) is 2.41. The topological polar surface area (TPSA) is 75.6 Å². The molecule has 1 aliphatic rings. The van der Waals surface area contributed by atoms with E-state index in [0.29, 0.717) is 0 Å². The van der Waals surface area contributed by atoms with E-state index in [1.54, 1.807) is 7.11 Å². The SMILES string of the molecule is COc1ccc(C2(NC(=O)CCC(=O)O)CCC2)cc1. The largest absolute Gasteiger partial charge is 0.497 e. The molecule has 0 aliphatic heterocycles. The number of amides is 1. The highest BCUT2D eigenvalue weighted by Crippen LogP contribution is 2.41. The number of benzene rings is 1. The van der Waals surface area contributed by atoms with E-state index in [0.717, 1.165) is 30.6 Å². The summed E-state index contributed by atoms with van der Waals surface area (Å²) in [5, 5.41) is 11.6. The molecule has 1 saturated carbocycles. The predicted molar refractivity (Wildman–Crippen MR) is 73.5 cm³/mol. The van der Waals surface area contributed by atoms with Crippen molar-refractivity contribution in [2.75, 3.05) is 7.11 Å². The van der Waals surface area contributed by atoms with Crippen LogP contribution in [-0.2, 0) is 15.1 Å². The lowest BCUT2D eigenvalue weighted by atomic mass is 9.71. The molecule has 1 aliphatic carbocycles. The minimum Gasteiger partial charge on any atom is -0.497 e. The molecule has 0 heterocycles. The number of hydrogen-bond acceptors (Lipinski definition) is 3. The van der Waals surface area contributed by atoms with Gasteiger partial charge in [0.25, 0.3) is 0 Å². The van der Waals surface area contributed by atoms with Crippen LogP contribution < -0.4 is 10.1 Å². The molecule has 2 N–H and O–H groups in total. The summed E-state index contributed by atoms with van der Waals surface area (Å²) in [6.07, 6.45) is 2.72. The molecule has 1 amide bonds. The normalized spacial score (nSPS) is 16.1. The highest BCUT2D eigenvalue weighted by atomic mass is 16.5. The molecule has 2 rings (SSSR count). The van der Waals surface area contributed by atoms with Crippen LogP contribution in [0.3, 0.4) is 0 Å². The Labute approximate surface area is 117 Å². The third-order valence-electron chi connectivity index (χ3n) is 3.79. The van der Waals surface area contributed by atoms with Crippen molar-refractivity contribution in [2.24, 2.45) is 0 Å². The van der Waals surface area contributed by atoms with Crippen LogP contribution in [0.5, 0.6) is 5.75 Å². The van der Waals surface area contributed by atoms with Crippen molar-refractivity contribution in [3.05, 3.63) is 29.8 Å². The van der Waals surface area contributed by atoms with Crippen molar-refractivity contribution in [1.82, 2.24) is 5.32 Å². The Hall–Kier alpha value is -2.04. The van der Waals surface area contributed by atoms with Crippen LogP contribution in [0.25, 0.3) is 0 Å². The minimum absolute atomic E-state index is 0.0211. The van der Waals surface area contributed by atoms with Crippen LogP contribution >= 0.6 is 0 Å². The smallest absolute Gasteiger partial charge is 0.303 e. The third-order valence-corrected chi connectivity index (χ3v) is 3.79. The number of carbonyl (C=O) groups excluding carboxylic acids is 1. The van der Waals surface area contributed by atoms with E-state index in [1.807, 2.05) is 24.3 Å². The Balaban J connectivity index is 2.04. The molecule has 108 valence electrons. The lowest BCUT2D eigenvalue weighted by Crippen LogP contribution is -2.50. The van der Waals surface area contributed by atoms with Crippen LogP contribution in [0.4, 0.5) is 0 Å². The van der Waals surface area contributed by atoms with Crippen molar-refractivity contribution in [2.45, 2.75) is 37.6 Å². The van der Waals surface area contributed by atoms with Gasteiger partial charge in [0.2, 0.25) is 5.91 Å². The van der Waals surface area contributed by atoms with Crippen molar-refractivity contribution in [3.63, 3.8) is 0 Å². The van der Waals surface area contributed by atoms with Gasteiger partial charge in [-0.15, -0.1) is 0 Å². The Bertz CT molecular complexity index is 491. The van der Waals surface area contributed by atoms with E-state index in [2.05, 4.69) is 5.32 Å². The zero-order valence-corrected chi connectivity index (χ0v) is 11.5. The van der Waals surface area contributed by atoms with Gasteiger partial charge in [-0.2, -0.15) is 0 Å². The fourth-order valence-corrected chi connectivity index (χ4v) is 2.48. The van der Waals surface area contributed by atoms with Crippen molar-refractivity contribution < 1.29 is 19.4 Å². The second-order valence-corrected chi connectivity index (χ2v) is 5.11. The highest BCUT2D eigenvalue weighted by Gasteiger charge is 2.39. The fourth-order valence-electron chi connectivity index (χ4n) is 2.48. The molecule has 0 spiro atoms. The molecule has 0 atom stereocenters. The number of hydrogen-bond donors (Lipinski definition) is 2. The number of carboxylic acid groups (broad SMARTS) is 1. The second kappa shape index (κ2) is 5.94. The summed E-state index contributed by atoms with van der Waals surface area (Å²) in [4.78, 5) is 22.4. The second-order valence-electron chi connectivity index (χ2n) is 5.11. The lowest BCUT2D eigenvalue weighted by molar-refractivity contribution is -0.139. The molecular weight excluding hydrogens is 258 g/mol. The Morgan fingerprint density at radius 1 is 1.25 bits per heavy atom. The van der Waals surface area contributed by atoms with Gasteiger partial charge in [-0.3, -0.25) is 9.59 Å². The fraction of sp³-hybridized carbons (Fsp3) is 0.467. The molecule has 20 heavy (non-hydrogen) atoms. The molecule has 1 fully saturated rings. The third kappa shape index (κ3) is 3.10. The van der Waals surface area contributed by atoms with Gasteiger partial charge in [-0.1, -0.05) is 12.1 Å². The first kappa shape index (κ1) is 14.4. The first-order valence-electron chi connectivity index (χ1n) is 6.73. The number of rotatable bonds is 6. The molecular formula is C15H19NO4. The van der Waals surface area contributed by atoms with E-state index in [-0.39, 0.29) is 24.3 Å². The zero-order chi connectivity index (χ0) is 14.6. The first-order chi connectivity index (χ1) is 9.55. The standard InChI is InChI=1S/C15H19NO4/c1-20-12-5-3-11(4-6-12)15(9-2-10-15)16-13(17)7-8-14(18)19/h3-6H,2,7-10H2,1H3,(H,16,17)(H,18,19). The molecule has 0 saturated heterocycles. The van der Waals surface area contributed by atoms with Gasteiger partial charge >= 0.3 is 5.97 Å². The Morgan fingerprint density at radius 3 is 2.35 bits per heavy atom. The number of carbonyl (C=O) groups is 2. The van der Waals surface area contributed by atoms with Crippen molar-refractivity contribution in [1.29, 1.82) is 0 Å². The summed E-state index contributed by atoms with van der Waals surface area (Å²) in [6.45, 7) is 0. The van der Waals surface area contributed by atoms with E-state index in [4.69, 9.17) is 9.84 Å². The summed E-state index contributed by atoms with van der Waals surface area (Å²) in [7, 11) is 1.61. The maximum absolute atomic E-state index is 11.9. The summed E-state index contributed by atoms with van der Waals surface area (Å²) < 4.78 is 5.13. The number of methoxy groups -OCH3 is 1. The summed E-state index contributed by atoms with van der Waals surface area (Å²) >= 11 is 0. The number of ether oxygens (including phenoxy) is 1. The van der Waals surface area contributed by atoms with E-state index < -0.39 is 5.97 Å². The molecule has 1 aromatic rings. The number of nitrogens with one attached hydrogen (secondary N) is 1. The van der Waals surface area contributed by atoms with Crippen LogP contribution in [0.1, 0.15) is 37.7 Å². The lowest BCUT2D eigenvalue weighted by Gasteiger charge is -2.43. The number of aliphatic carboxylic acids is 1. The molecule has 0 radical (unpaired) electrons. The molecule has 1 aromatic carbocycles. The van der Waals surface area contributed by atoms with E-state index in [9.17, 15) is 9.59 Å². The molecule has 0 unspecified atom stereocenters. The molecule has 0 aromatic heterocycles. The van der Waals surface area contributed by atoms with Crippen LogP contribution in [0.15, 0.2) is 24.3 Å². The maximum Gasteiger partial charge on any atom is 0.303 e. The van der Waals surface area contributed by atoms with Crippen molar-refractivity contribution >= 4 is 11.9 Å². The Morgan fingerprint density at radius 2 is 1.90 bits per heavy atom. The van der Waals surface area contributed by atoms with Gasteiger partial charge in [-0.05, 0) is 37.0 Å². The average molecular weight is 277 g/mol. The van der Waals surface area contributed by atoms with Crippen LogP contribution in [0.2, 0.25) is 0 Å². The van der Waals surface area contributed by atoms with E-state index >= 15 is 0 Å². The van der Waals surface area contributed by atoms with Gasteiger partial charge in [0.15, 0.2) is 0 Å². The Kier molecular flexibility index (Phi) is 4.27. The summed E-state index contributed by atoms with van der Waals surface area (Å²) in [5.41, 5.74) is 0.718. The van der Waals surface area contributed by atoms with Gasteiger partial charge < -0.3 is 15.2 Å². The maximum atomic E-state index is 11.9. The minimum atomic E-state index is -0.952. The summed E-state index contributed by atoms with van der Waals surface area (Å²) in [6, 6.07) is 7.66.